The molecule has 0 aliphatic heterocycles. The van der Waals surface area contributed by atoms with Crippen LogP contribution in [0, 0.1) is 6.92 Å². The maximum atomic E-state index is 6.41. The predicted molar refractivity (Wildman–Crippen MR) is 234 cm³/mol. The van der Waals surface area contributed by atoms with E-state index in [0.717, 1.165) is 29.0 Å². The molecule has 2 heteroatoms. The average molecular weight is 716 g/mol. The minimum absolute atomic E-state index is 0.826. The number of hydrogen-bond donors (Lipinski definition) is 0. The van der Waals surface area contributed by atoms with Crippen LogP contribution in [0.25, 0.3) is 82.8 Å². The quantitative estimate of drug-likeness (QED) is 0.167. The van der Waals surface area contributed by atoms with Gasteiger partial charge >= 0.3 is 0 Å². The first-order valence-corrected chi connectivity index (χ1v) is 19.4. The molecule has 9 aromatic carbocycles. The Bertz CT molecular complexity index is 3150. The van der Waals surface area contributed by atoms with E-state index in [1.165, 1.54) is 88.3 Å². The van der Waals surface area contributed by atoms with Crippen LogP contribution >= 0.6 is 0 Å². The van der Waals surface area contributed by atoms with Gasteiger partial charge in [-0.15, -0.1) is 0 Å². The van der Waals surface area contributed by atoms with E-state index in [1.54, 1.807) is 0 Å². The zero-order valence-corrected chi connectivity index (χ0v) is 31.0. The molecule has 1 aliphatic carbocycles. The highest BCUT2D eigenvalue weighted by Gasteiger charge is 2.21. The van der Waals surface area contributed by atoms with Gasteiger partial charge in [0.1, 0.15) is 11.5 Å². The van der Waals surface area contributed by atoms with E-state index in [4.69, 9.17) is 4.74 Å². The second-order valence-corrected chi connectivity index (χ2v) is 14.9. The molecule has 1 aromatic heterocycles. The maximum absolute atomic E-state index is 6.41. The zero-order valence-electron chi connectivity index (χ0n) is 31.0. The highest BCUT2D eigenvalue weighted by atomic mass is 16.5. The molecule has 0 N–H and O–H groups in total. The Morgan fingerprint density at radius 1 is 0.393 bits per heavy atom. The van der Waals surface area contributed by atoms with Crippen LogP contribution < -0.4 is 4.74 Å². The first-order chi connectivity index (χ1) is 27.7. The SMILES string of the molecule is Cc1ccc(-c2ccc3c(c2)c2ccccc2n3-c2ccc(-c3ccc4c(c3)-c3ccccc3C4)c3ccccc23)cc1-c1ccccc1Oc1ccccc1. The van der Waals surface area contributed by atoms with E-state index in [9.17, 15) is 0 Å². The summed E-state index contributed by atoms with van der Waals surface area (Å²) in [5, 5.41) is 4.96. The van der Waals surface area contributed by atoms with Crippen molar-refractivity contribution in [3.63, 3.8) is 0 Å². The van der Waals surface area contributed by atoms with Crippen LogP contribution in [0.1, 0.15) is 16.7 Å². The van der Waals surface area contributed by atoms with Crippen molar-refractivity contribution in [1.29, 1.82) is 0 Å². The Morgan fingerprint density at radius 3 is 1.93 bits per heavy atom. The zero-order chi connectivity index (χ0) is 37.2. The summed E-state index contributed by atoms with van der Waals surface area (Å²) in [6.07, 6.45) is 1.00. The number of ether oxygens (including phenoxy) is 1. The van der Waals surface area contributed by atoms with Gasteiger partial charge in [-0.25, -0.2) is 0 Å². The van der Waals surface area contributed by atoms with Crippen molar-refractivity contribution in [2.75, 3.05) is 0 Å². The molecule has 11 rings (SSSR count). The smallest absolute Gasteiger partial charge is 0.135 e. The summed E-state index contributed by atoms with van der Waals surface area (Å²) in [6.45, 7) is 2.17. The molecule has 0 saturated carbocycles. The van der Waals surface area contributed by atoms with Crippen molar-refractivity contribution < 1.29 is 4.74 Å². The van der Waals surface area contributed by atoms with Crippen LogP contribution in [0.4, 0.5) is 0 Å². The molecule has 0 radical (unpaired) electrons. The van der Waals surface area contributed by atoms with Gasteiger partial charge in [0.25, 0.3) is 0 Å². The molecule has 1 heterocycles. The maximum Gasteiger partial charge on any atom is 0.135 e. The lowest BCUT2D eigenvalue weighted by Gasteiger charge is -2.16. The van der Waals surface area contributed by atoms with E-state index < -0.39 is 0 Å². The molecule has 56 heavy (non-hydrogen) atoms. The first kappa shape index (κ1) is 32.3. The van der Waals surface area contributed by atoms with Gasteiger partial charge in [-0.3, -0.25) is 0 Å². The third-order valence-electron chi connectivity index (χ3n) is 11.6. The van der Waals surface area contributed by atoms with Gasteiger partial charge in [-0.2, -0.15) is 0 Å². The van der Waals surface area contributed by atoms with E-state index in [1.807, 2.05) is 36.4 Å². The van der Waals surface area contributed by atoms with Crippen molar-refractivity contribution in [2.24, 2.45) is 0 Å². The Morgan fingerprint density at radius 2 is 1.04 bits per heavy atom. The fourth-order valence-electron chi connectivity index (χ4n) is 8.92. The summed E-state index contributed by atoms with van der Waals surface area (Å²) in [7, 11) is 0. The number of para-hydroxylation sites is 3. The standard InChI is InChI=1S/C54H37NO/c1-35-23-24-36(32-48(35)47-20-10-12-22-54(47)56-41-14-3-2-4-15-41)37-27-29-53-50(33-37)46-19-9-11-21-51(46)55(53)52-30-28-43(44-17-7-8-18-45(44)52)40-26-25-39-31-38-13-5-6-16-42(38)49(39)34-40/h2-30,32-34H,31H2,1H3. The van der Waals surface area contributed by atoms with Gasteiger partial charge in [-0.05, 0) is 129 Å². The minimum atomic E-state index is 0.826. The number of aryl methyl sites for hydroxylation is 1. The van der Waals surface area contributed by atoms with E-state index in [0.29, 0.717) is 0 Å². The summed E-state index contributed by atoms with van der Waals surface area (Å²) in [5.41, 5.74) is 17.4. The van der Waals surface area contributed by atoms with Gasteiger partial charge in [0.15, 0.2) is 0 Å². The normalized spacial score (nSPS) is 11.9. The summed E-state index contributed by atoms with van der Waals surface area (Å²) in [4.78, 5) is 0. The summed E-state index contributed by atoms with van der Waals surface area (Å²) < 4.78 is 8.86. The molecule has 2 nitrogen and oxygen atoms in total. The van der Waals surface area contributed by atoms with E-state index in [2.05, 4.69) is 169 Å². The molecule has 0 amide bonds. The minimum Gasteiger partial charge on any atom is -0.457 e. The predicted octanol–water partition coefficient (Wildman–Crippen LogP) is 14.6. The fraction of sp³-hybridized carbons (Fsp3) is 0.0370. The molecule has 0 atom stereocenters. The number of aromatic nitrogens is 1. The van der Waals surface area contributed by atoms with Crippen molar-refractivity contribution in [1.82, 2.24) is 4.57 Å². The Labute approximate surface area is 326 Å². The number of rotatable bonds is 6. The van der Waals surface area contributed by atoms with Crippen LogP contribution in [-0.2, 0) is 6.42 Å². The van der Waals surface area contributed by atoms with Crippen LogP contribution in [0.3, 0.4) is 0 Å². The lowest BCUT2D eigenvalue weighted by Crippen LogP contribution is -1.96. The number of fused-ring (bicyclic) bond motifs is 7. The number of benzene rings is 9. The van der Waals surface area contributed by atoms with Gasteiger partial charge in [0.05, 0.1) is 16.7 Å². The molecule has 264 valence electrons. The molecular formula is C54H37NO. The molecule has 0 unspecified atom stereocenters. The van der Waals surface area contributed by atoms with Crippen LogP contribution in [0.5, 0.6) is 11.5 Å². The Kier molecular flexibility index (Phi) is 7.50. The number of nitrogens with zero attached hydrogens (tertiary/aromatic N) is 1. The molecule has 10 aromatic rings. The highest BCUT2D eigenvalue weighted by molar-refractivity contribution is 6.12. The Hall–Kier alpha value is -7.16. The van der Waals surface area contributed by atoms with Gasteiger partial charge in [0, 0.05) is 21.7 Å². The van der Waals surface area contributed by atoms with Gasteiger partial charge in [0.2, 0.25) is 0 Å². The second kappa shape index (κ2) is 13.0. The van der Waals surface area contributed by atoms with E-state index in [-0.39, 0.29) is 0 Å². The lowest BCUT2D eigenvalue weighted by atomic mass is 9.94. The molecule has 0 bridgehead atoms. The monoisotopic (exact) mass is 715 g/mol. The fourth-order valence-corrected chi connectivity index (χ4v) is 8.92. The first-order valence-electron chi connectivity index (χ1n) is 19.4. The summed E-state index contributed by atoms with van der Waals surface area (Å²) in [6, 6.07) is 70.3. The van der Waals surface area contributed by atoms with Crippen molar-refractivity contribution >= 4 is 32.6 Å². The van der Waals surface area contributed by atoms with Gasteiger partial charge < -0.3 is 9.30 Å². The third-order valence-corrected chi connectivity index (χ3v) is 11.6. The average Bonchev–Trinajstić information content (AvgIpc) is 3.79. The molecule has 1 aliphatic rings. The third kappa shape index (κ3) is 5.26. The summed E-state index contributed by atoms with van der Waals surface area (Å²) in [5.74, 6) is 1.67. The molecule has 0 fully saturated rings. The van der Waals surface area contributed by atoms with Crippen LogP contribution in [0.2, 0.25) is 0 Å². The van der Waals surface area contributed by atoms with Crippen molar-refractivity contribution in [3.05, 3.63) is 211 Å². The second-order valence-electron chi connectivity index (χ2n) is 14.9. The van der Waals surface area contributed by atoms with E-state index >= 15 is 0 Å². The molecule has 0 saturated heterocycles. The van der Waals surface area contributed by atoms with Crippen molar-refractivity contribution in [3.8, 4) is 61.7 Å². The van der Waals surface area contributed by atoms with Crippen LogP contribution in [-0.4, -0.2) is 4.57 Å². The highest BCUT2D eigenvalue weighted by Crippen LogP contribution is 2.43. The van der Waals surface area contributed by atoms with Crippen molar-refractivity contribution in [2.45, 2.75) is 13.3 Å². The molecular weight excluding hydrogens is 679 g/mol. The molecule has 0 spiro atoms. The summed E-state index contributed by atoms with van der Waals surface area (Å²) >= 11 is 0. The van der Waals surface area contributed by atoms with Gasteiger partial charge in [-0.1, -0.05) is 140 Å². The number of hydrogen-bond acceptors (Lipinski definition) is 1. The van der Waals surface area contributed by atoms with Crippen LogP contribution in [0.15, 0.2) is 194 Å². The largest absolute Gasteiger partial charge is 0.457 e. The lowest BCUT2D eigenvalue weighted by molar-refractivity contribution is 0.484. The Balaban J connectivity index is 1.03. The topological polar surface area (TPSA) is 14.2 Å².